The fourth-order valence-corrected chi connectivity index (χ4v) is 4.40. The van der Waals surface area contributed by atoms with Gasteiger partial charge in [-0.25, -0.2) is 4.68 Å². The molecule has 2 heterocycles. The third-order valence-corrected chi connectivity index (χ3v) is 6.36. The van der Waals surface area contributed by atoms with E-state index in [2.05, 4.69) is 4.90 Å². The first-order chi connectivity index (χ1) is 17.0. The third kappa shape index (κ3) is 4.50. The van der Waals surface area contributed by atoms with Crippen molar-refractivity contribution in [1.82, 2.24) is 14.7 Å². The van der Waals surface area contributed by atoms with E-state index >= 15 is 0 Å². The van der Waals surface area contributed by atoms with Crippen LogP contribution in [0.3, 0.4) is 0 Å². The second-order valence-electron chi connectivity index (χ2n) is 8.54. The maximum absolute atomic E-state index is 13.7. The number of hydrogen-bond donors (Lipinski definition) is 0. The third-order valence-electron chi connectivity index (χ3n) is 6.36. The lowest BCUT2D eigenvalue weighted by atomic mass is 10.0. The number of aromatic nitrogens is 2. The van der Waals surface area contributed by atoms with Crippen molar-refractivity contribution in [2.75, 3.05) is 31.1 Å². The minimum absolute atomic E-state index is 0.0474. The number of hydrogen-bond acceptors (Lipinski definition) is 5. The molecule has 1 aliphatic heterocycles. The number of nitro groups is 1. The lowest BCUT2D eigenvalue weighted by Crippen LogP contribution is -2.48. The molecule has 0 unspecified atom stereocenters. The van der Waals surface area contributed by atoms with Gasteiger partial charge in [-0.3, -0.25) is 14.9 Å². The van der Waals surface area contributed by atoms with Crippen LogP contribution in [0.25, 0.3) is 16.9 Å². The average molecular weight is 468 g/mol. The maximum atomic E-state index is 13.7. The molecule has 1 saturated heterocycles. The number of rotatable bonds is 5. The van der Waals surface area contributed by atoms with Crippen LogP contribution in [-0.2, 0) is 0 Å². The SMILES string of the molecule is Cc1ccccc1-c1nn(-c2ccccc2)cc1C(=O)N1CCN(c2ccc([N+](=O)[O-])cc2)CC1. The zero-order chi connectivity index (χ0) is 24.4. The number of nitrogens with zero attached hydrogens (tertiary/aromatic N) is 5. The Morgan fingerprint density at radius 3 is 2.17 bits per heavy atom. The standard InChI is InChI=1S/C27H25N5O3/c1-20-7-5-6-10-24(20)26-25(19-31(28-26)22-8-3-2-4-9-22)27(33)30-17-15-29(16-18-30)21-11-13-23(14-12-21)32(34)35/h2-14,19H,15-18H2,1H3. The molecule has 176 valence electrons. The number of piperazine rings is 1. The molecule has 35 heavy (non-hydrogen) atoms. The first-order valence-electron chi connectivity index (χ1n) is 11.5. The Labute approximate surface area is 203 Å². The lowest BCUT2D eigenvalue weighted by Gasteiger charge is -2.36. The van der Waals surface area contributed by atoms with Crippen molar-refractivity contribution >= 4 is 17.3 Å². The van der Waals surface area contributed by atoms with E-state index in [0.717, 1.165) is 22.5 Å². The zero-order valence-corrected chi connectivity index (χ0v) is 19.4. The summed E-state index contributed by atoms with van der Waals surface area (Å²) in [5, 5.41) is 15.7. The lowest BCUT2D eigenvalue weighted by molar-refractivity contribution is -0.384. The van der Waals surface area contributed by atoms with Gasteiger partial charge < -0.3 is 9.80 Å². The number of carbonyl (C=O) groups is 1. The van der Waals surface area contributed by atoms with E-state index in [1.807, 2.05) is 72.6 Å². The van der Waals surface area contributed by atoms with E-state index in [1.165, 1.54) is 12.1 Å². The smallest absolute Gasteiger partial charge is 0.269 e. The van der Waals surface area contributed by atoms with E-state index in [4.69, 9.17) is 5.10 Å². The van der Waals surface area contributed by atoms with E-state index in [0.29, 0.717) is 37.4 Å². The van der Waals surface area contributed by atoms with E-state index in [1.54, 1.807) is 16.8 Å². The second-order valence-corrected chi connectivity index (χ2v) is 8.54. The minimum Gasteiger partial charge on any atom is -0.368 e. The Hall–Kier alpha value is -4.46. The number of para-hydroxylation sites is 1. The molecule has 1 aliphatic rings. The Morgan fingerprint density at radius 2 is 1.51 bits per heavy atom. The zero-order valence-electron chi connectivity index (χ0n) is 19.4. The molecule has 0 radical (unpaired) electrons. The molecular formula is C27H25N5O3. The van der Waals surface area contributed by atoms with Crippen LogP contribution in [0.2, 0.25) is 0 Å². The largest absolute Gasteiger partial charge is 0.368 e. The van der Waals surface area contributed by atoms with E-state index in [-0.39, 0.29) is 11.6 Å². The summed E-state index contributed by atoms with van der Waals surface area (Å²) >= 11 is 0. The van der Waals surface area contributed by atoms with Gasteiger partial charge in [0, 0.05) is 55.8 Å². The van der Waals surface area contributed by atoms with Gasteiger partial charge in [0.2, 0.25) is 0 Å². The molecule has 8 nitrogen and oxygen atoms in total. The van der Waals surface area contributed by atoms with Crippen LogP contribution in [0.15, 0.2) is 85.1 Å². The van der Waals surface area contributed by atoms with Gasteiger partial charge in [0.05, 0.1) is 16.2 Å². The van der Waals surface area contributed by atoms with Crippen molar-refractivity contribution in [3.05, 3.63) is 106 Å². The average Bonchev–Trinajstić information content (AvgIpc) is 3.34. The van der Waals surface area contributed by atoms with Crippen LogP contribution < -0.4 is 4.90 Å². The molecule has 1 amide bonds. The van der Waals surface area contributed by atoms with Crippen molar-refractivity contribution in [3.8, 4) is 16.9 Å². The number of carbonyl (C=O) groups excluding carboxylic acids is 1. The van der Waals surface area contributed by atoms with Crippen molar-refractivity contribution < 1.29 is 9.72 Å². The summed E-state index contributed by atoms with van der Waals surface area (Å²) in [4.78, 5) is 28.2. The van der Waals surface area contributed by atoms with Gasteiger partial charge in [-0.15, -0.1) is 0 Å². The molecule has 1 aromatic heterocycles. The topological polar surface area (TPSA) is 84.5 Å². The summed E-state index contributed by atoms with van der Waals surface area (Å²) in [6, 6.07) is 24.3. The predicted molar refractivity (Wildman–Crippen MR) is 135 cm³/mol. The van der Waals surface area contributed by atoms with Gasteiger partial charge in [0.15, 0.2) is 0 Å². The molecule has 0 atom stereocenters. The van der Waals surface area contributed by atoms with Crippen molar-refractivity contribution in [2.45, 2.75) is 6.92 Å². The van der Waals surface area contributed by atoms with Gasteiger partial charge in [-0.1, -0.05) is 42.5 Å². The summed E-state index contributed by atoms with van der Waals surface area (Å²) < 4.78 is 1.77. The molecule has 0 spiro atoms. The molecular weight excluding hydrogens is 442 g/mol. The van der Waals surface area contributed by atoms with Crippen molar-refractivity contribution in [3.63, 3.8) is 0 Å². The molecule has 0 N–H and O–H groups in total. The van der Waals surface area contributed by atoms with Crippen LogP contribution in [-0.4, -0.2) is 51.7 Å². The van der Waals surface area contributed by atoms with Crippen LogP contribution >= 0.6 is 0 Å². The Kier molecular flexibility index (Phi) is 6.01. The highest BCUT2D eigenvalue weighted by atomic mass is 16.6. The van der Waals surface area contributed by atoms with Crippen molar-refractivity contribution in [1.29, 1.82) is 0 Å². The summed E-state index contributed by atoms with van der Waals surface area (Å²) in [5.41, 5.74) is 5.13. The Morgan fingerprint density at radius 1 is 0.857 bits per heavy atom. The molecule has 0 saturated carbocycles. The number of amides is 1. The van der Waals surface area contributed by atoms with Crippen LogP contribution in [0.4, 0.5) is 11.4 Å². The Bertz CT molecular complexity index is 1360. The van der Waals surface area contributed by atoms with Crippen LogP contribution in [0, 0.1) is 17.0 Å². The quantitative estimate of drug-likeness (QED) is 0.313. The highest BCUT2D eigenvalue weighted by Crippen LogP contribution is 2.28. The van der Waals surface area contributed by atoms with Crippen LogP contribution in [0.1, 0.15) is 15.9 Å². The van der Waals surface area contributed by atoms with Crippen molar-refractivity contribution in [2.24, 2.45) is 0 Å². The highest BCUT2D eigenvalue weighted by molar-refractivity contribution is 6.00. The fraction of sp³-hybridized carbons (Fsp3) is 0.185. The molecule has 0 bridgehead atoms. The summed E-state index contributed by atoms with van der Waals surface area (Å²) in [6.45, 7) is 4.43. The minimum atomic E-state index is -0.401. The first-order valence-corrected chi connectivity index (χ1v) is 11.5. The maximum Gasteiger partial charge on any atom is 0.269 e. The molecule has 1 fully saturated rings. The van der Waals surface area contributed by atoms with Gasteiger partial charge in [-0.05, 0) is 36.8 Å². The normalized spacial score (nSPS) is 13.6. The number of aryl methyl sites for hydroxylation is 1. The number of anilines is 1. The second kappa shape index (κ2) is 9.42. The van der Waals surface area contributed by atoms with E-state index < -0.39 is 4.92 Å². The molecule has 8 heteroatoms. The fourth-order valence-electron chi connectivity index (χ4n) is 4.40. The van der Waals surface area contributed by atoms with E-state index in [9.17, 15) is 14.9 Å². The number of non-ortho nitro benzene ring substituents is 1. The molecule has 3 aromatic carbocycles. The summed E-state index contributed by atoms with van der Waals surface area (Å²) in [7, 11) is 0. The van der Waals surface area contributed by atoms with Gasteiger partial charge in [-0.2, -0.15) is 5.10 Å². The molecule has 4 aromatic rings. The monoisotopic (exact) mass is 467 g/mol. The number of benzene rings is 3. The number of nitro benzene ring substituents is 1. The molecule has 0 aliphatic carbocycles. The summed E-state index contributed by atoms with van der Waals surface area (Å²) in [5.74, 6) is -0.0474. The molecule has 5 rings (SSSR count). The van der Waals surface area contributed by atoms with Gasteiger partial charge in [0.1, 0.15) is 5.69 Å². The first kappa shape index (κ1) is 22.3. The predicted octanol–water partition coefficient (Wildman–Crippen LogP) is 4.72. The van der Waals surface area contributed by atoms with Crippen LogP contribution in [0.5, 0.6) is 0 Å². The summed E-state index contributed by atoms with van der Waals surface area (Å²) in [6.07, 6.45) is 1.82. The van der Waals surface area contributed by atoms with Gasteiger partial charge in [0.25, 0.3) is 11.6 Å². The van der Waals surface area contributed by atoms with Gasteiger partial charge >= 0.3 is 0 Å². The Balaban J connectivity index is 1.40. The highest BCUT2D eigenvalue weighted by Gasteiger charge is 2.27.